The highest BCUT2D eigenvalue weighted by molar-refractivity contribution is 5.95. The Labute approximate surface area is 141 Å². The first-order valence-corrected chi connectivity index (χ1v) is 8.34. The minimum absolute atomic E-state index is 1.20. The molecule has 122 valence electrons. The van der Waals surface area contributed by atoms with Crippen molar-refractivity contribution in [2.75, 3.05) is 0 Å². The van der Waals surface area contributed by atoms with E-state index in [4.69, 9.17) is 0 Å². The van der Waals surface area contributed by atoms with Gasteiger partial charge in [0.05, 0.1) is 0 Å². The Bertz CT molecular complexity index is 752. The SMILES string of the molecule is C=Cc1c(/C=C\C)n(C)c2cc(C(/C=C\C)=C/C)ccc12.CC. The van der Waals surface area contributed by atoms with Crippen molar-refractivity contribution in [1.29, 1.82) is 0 Å². The number of benzene rings is 1. The molecule has 0 saturated carbocycles. The minimum Gasteiger partial charge on any atom is -0.344 e. The lowest BCUT2D eigenvalue weighted by atomic mass is 10.0. The highest BCUT2D eigenvalue weighted by atomic mass is 14.9. The van der Waals surface area contributed by atoms with Gasteiger partial charge in [0.1, 0.15) is 0 Å². The van der Waals surface area contributed by atoms with E-state index in [9.17, 15) is 0 Å². The highest BCUT2D eigenvalue weighted by Gasteiger charge is 2.11. The van der Waals surface area contributed by atoms with Gasteiger partial charge in [0, 0.05) is 29.2 Å². The van der Waals surface area contributed by atoms with Gasteiger partial charge in [-0.15, -0.1) is 0 Å². The zero-order chi connectivity index (χ0) is 17.4. The third-order valence-electron chi connectivity index (χ3n) is 3.81. The highest BCUT2D eigenvalue weighted by Crippen LogP contribution is 2.30. The van der Waals surface area contributed by atoms with Crippen LogP contribution in [0.2, 0.25) is 0 Å². The lowest BCUT2D eigenvalue weighted by Crippen LogP contribution is -1.91. The van der Waals surface area contributed by atoms with Crippen molar-refractivity contribution in [2.45, 2.75) is 34.6 Å². The van der Waals surface area contributed by atoms with Gasteiger partial charge in [-0.25, -0.2) is 0 Å². The summed E-state index contributed by atoms with van der Waals surface area (Å²) in [6.07, 6.45) is 12.5. The van der Waals surface area contributed by atoms with E-state index >= 15 is 0 Å². The van der Waals surface area contributed by atoms with Crippen LogP contribution in [0.3, 0.4) is 0 Å². The van der Waals surface area contributed by atoms with Crippen LogP contribution in [0.25, 0.3) is 28.6 Å². The molecular weight excluding hydrogens is 278 g/mol. The molecular formula is C22H29N. The molecule has 0 saturated heterocycles. The van der Waals surface area contributed by atoms with E-state index < -0.39 is 0 Å². The Morgan fingerprint density at radius 2 is 1.78 bits per heavy atom. The first-order chi connectivity index (χ1) is 11.2. The summed E-state index contributed by atoms with van der Waals surface area (Å²) in [7, 11) is 2.11. The maximum atomic E-state index is 3.97. The molecule has 0 spiro atoms. The molecule has 2 aromatic rings. The standard InChI is InChI=1S/C20H23N.C2H6/c1-6-10-15(8-3)16-12-13-18-17(9-4)19(11-7-2)21(5)20(18)14-16;1-2/h6-14H,4H2,1-3,5H3;1-2H3/b10-6-,11-7-,15-8+;. The molecule has 1 aromatic carbocycles. The second-order valence-electron chi connectivity index (χ2n) is 5.04. The van der Waals surface area contributed by atoms with Gasteiger partial charge in [-0.1, -0.05) is 62.9 Å². The fourth-order valence-electron chi connectivity index (χ4n) is 2.78. The minimum atomic E-state index is 1.20. The molecule has 0 aliphatic carbocycles. The van der Waals surface area contributed by atoms with Gasteiger partial charge in [0.15, 0.2) is 0 Å². The summed E-state index contributed by atoms with van der Waals surface area (Å²) >= 11 is 0. The van der Waals surface area contributed by atoms with Gasteiger partial charge in [0.25, 0.3) is 0 Å². The first-order valence-electron chi connectivity index (χ1n) is 8.34. The van der Waals surface area contributed by atoms with Gasteiger partial charge < -0.3 is 4.57 Å². The average molecular weight is 307 g/mol. The van der Waals surface area contributed by atoms with E-state index in [0.29, 0.717) is 0 Å². The lowest BCUT2D eigenvalue weighted by molar-refractivity contribution is 0.953. The number of hydrogen-bond acceptors (Lipinski definition) is 0. The molecule has 0 unspecified atom stereocenters. The van der Waals surface area contributed by atoms with Crippen LogP contribution in [0.15, 0.2) is 49.1 Å². The summed E-state index contributed by atoms with van der Waals surface area (Å²) in [6, 6.07) is 6.64. The Kier molecular flexibility index (Phi) is 7.34. The van der Waals surface area contributed by atoms with Gasteiger partial charge in [-0.05, 0) is 44.1 Å². The second-order valence-corrected chi connectivity index (χ2v) is 5.04. The number of aryl methyl sites for hydroxylation is 1. The van der Waals surface area contributed by atoms with Crippen LogP contribution < -0.4 is 0 Å². The quantitative estimate of drug-likeness (QED) is 0.544. The van der Waals surface area contributed by atoms with E-state index in [0.717, 1.165) is 0 Å². The fraction of sp³-hybridized carbons (Fsp3) is 0.273. The Morgan fingerprint density at radius 3 is 2.30 bits per heavy atom. The summed E-state index contributed by atoms with van der Waals surface area (Å²) in [5, 5.41) is 1.25. The van der Waals surface area contributed by atoms with Crippen molar-refractivity contribution in [1.82, 2.24) is 4.57 Å². The van der Waals surface area contributed by atoms with Gasteiger partial charge in [-0.2, -0.15) is 0 Å². The molecule has 0 aliphatic heterocycles. The van der Waals surface area contributed by atoms with E-state index in [2.05, 4.69) is 73.7 Å². The Morgan fingerprint density at radius 1 is 1.09 bits per heavy atom. The van der Waals surface area contributed by atoms with Crippen molar-refractivity contribution in [3.05, 3.63) is 65.9 Å². The zero-order valence-electron chi connectivity index (χ0n) is 15.4. The number of nitrogens with zero attached hydrogens (tertiary/aromatic N) is 1. The molecule has 1 nitrogen and oxygen atoms in total. The summed E-state index contributed by atoms with van der Waals surface area (Å²) < 4.78 is 2.23. The summed E-state index contributed by atoms with van der Waals surface area (Å²) in [5.74, 6) is 0. The average Bonchev–Trinajstić information content (AvgIpc) is 2.86. The van der Waals surface area contributed by atoms with Crippen molar-refractivity contribution in [3.63, 3.8) is 0 Å². The van der Waals surface area contributed by atoms with Crippen LogP contribution in [0.4, 0.5) is 0 Å². The number of fused-ring (bicyclic) bond motifs is 1. The third-order valence-corrected chi connectivity index (χ3v) is 3.81. The Balaban J connectivity index is 0.00000127. The van der Waals surface area contributed by atoms with Gasteiger partial charge in [0.2, 0.25) is 0 Å². The van der Waals surface area contributed by atoms with Gasteiger partial charge >= 0.3 is 0 Å². The summed E-state index contributed by atoms with van der Waals surface area (Å²) in [6.45, 7) is 14.1. The molecule has 0 N–H and O–H groups in total. The maximum absolute atomic E-state index is 3.97. The number of rotatable bonds is 4. The summed E-state index contributed by atoms with van der Waals surface area (Å²) in [4.78, 5) is 0. The van der Waals surface area contributed by atoms with Crippen molar-refractivity contribution < 1.29 is 0 Å². The predicted molar refractivity (Wildman–Crippen MR) is 108 cm³/mol. The normalized spacial score (nSPS) is 12.0. The monoisotopic (exact) mass is 307 g/mol. The van der Waals surface area contributed by atoms with Crippen LogP contribution >= 0.6 is 0 Å². The van der Waals surface area contributed by atoms with Crippen molar-refractivity contribution in [3.8, 4) is 0 Å². The topological polar surface area (TPSA) is 4.93 Å². The van der Waals surface area contributed by atoms with Crippen LogP contribution in [0, 0.1) is 0 Å². The smallest absolute Gasteiger partial charge is 0.0494 e. The number of hydrogen-bond donors (Lipinski definition) is 0. The molecule has 0 fully saturated rings. The zero-order valence-corrected chi connectivity index (χ0v) is 15.4. The molecule has 0 radical (unpaired) electrons. The molecule has 1 heteroatoms. The van der Waals surface area contributed by atoms with Crippen LogP contribution in [0.5, 0.6) is 0 Å². The molecule has 2 rings (SSSR count). The van der Waals surface area contributed by atoms with Gasteiger partial charge in [-0.3, -0.25) is 0 Å². The van der Waals surface area contributed by atoms with E-state index in [-0.39, 0.29) is 0 Å². The summed E-state index contributed by atoms with van der Waals surface area (Å²) in [5.41, 5.74) is 6.12. The molecule has 0 bridgehead atoms. The lowest BCUT2D eigenvalue weighted by Gasteiger charge is -2.04. The largest absolute Gasteiger partial charge is 0.344 e. The number of allylic oxidation sites excluding steroid dienone is 5. The van der Waals surface area contributed by atoms with Crippen LogP contribution in [-0.2, 0) is 7.05 Å². The second kappa shape index (κ2) is 8.99. The van der Waals surface area contributed by atoms with E-state index in [1.165, 1.54) is 33.3 Å². The van der Waals surface area contributed by atoms with Crippen LogP contribution in [-0.4, -0.2) is 4.57 Å². The molecule has 0 atom stereocenters. The molecule has 1 aromatic heterocycles. The molecule has 0 amide bonds. The third kappa shape index (κ3) is 3.73. The molecule has 0 aliphatic rings. The van der Waals surface area contributed by atoms with E-state index in [1.807, 2.05) is 33.8 Å². The van der Waals surface area contributed by atoms with E-state index in [1.54, 1.807) is 0 Å². The maximum Gasteiger partial charge on any atom is 0.0494 e. The first kappa shape index (κ1) is 18.8. The van der Waals surface area contributed by atoms with Crippen molar-refractivity contribution in [2.24, 2.45) is 7.05 Å². The number of aromatic nitrogens is 1. The van der Waals surface area contributed by atoms with Crippen molar-refractivity contribution >= 4 is 28.6 Å². The van der Waals surface area contributed by atoms with Crippen LogP contribution in [0.1, 0.15) is 51.4 Å². The predicted octanol–water partition coefficient (Wildman–Crippen LogP) is 6.86. The molecule has 23 heavy (non-hydrogen) atoms. The Hall–Kier alpha value is -2.28. The fourth-order valence-corrected chi connectivity index (χ4v) is 2.78. The molecule has 1 heterocycles.